The van der Waals surface area contributed by atoms with E-state index in [2.05, 4.69) is 20.7 Å². The Kier molecular flexibility index (Phi) is 7.66. The smallest absolute Gasteiger partial charge is 0.473 e. The Morgan fingerprint density at radius 1 is 1.13 bits per heavy atom. The summed E-state index contributed by atoms with van der Waals surface area (Å²) in [5.41, 5.74) is -2.64. The summed E-state index contributed by atoms with van der Waals surface area (Å²) >= 11 is 0. The molecule has 0 aromatic heterocycles. The first-order valence-corrected chi connectivity index (χ1v) is 11.7. The van der Waals surface area contributed by atoms with Gasteiger partial charge in [-0.3, -0.25) is 10.2 Å². The second kappa shape index (κ2) is 10.5. The van der Waals surface area contributed by atoms with Crippen LogP contribution in [0.15, 0.2) is 42.5 Å². The predicted octanol–water partition coefficient (Wildman–Crippen LogP) is 5.10. The van der Waals surface area contributed by atoms with Crippen LogP contribution in [0.1, 0.15) is 24.8 Å². The topological polar surface area (TPSA) is 74.9 Å². The highest BCUT2D eigenvalue weighted by Crippen LogP contribution is 2.53. The van der Waals surface area contributed by atoms with Crippen LogP contribution >= 0.6 is 0 Å². The van der Waals surface area contributed by atoms with Crippen LogP contribution in [0.3, 0.4) is 0 Å². The van der Waals surface area contributed by atoms with Gasteiger partial charge in [0.1, 0.15) is 22.9 Å². The zero-order valence-electron chi connectivity index (χ0n) is 20.0. The summed E-state index contributed by atoms with van der Waals surface area (Å²) in [7, 11) is 1.39. The maximum Gasteiger partial charge on any atom is 0.573 e. The Morgan fingerprint density at radius 2 is 1.87 bits per heavy atom. The number of nitrogens with one attached hydrogen (secondary N) is 3. The summed E-state index contributed by atoms with van der Waals surface area (Å²) in [4.78, 5) is 13.8. The van der Waals surface area contributed by atoms with Crippen molar-refractivity contribution < 1.29 is 45.0 Å². The molecule has 38 heavy (non-hydrogen) atoms. The van der Waals surface area contributed by atoms with E-state index < -0.39 is 53.6 Å². The third kappa shape index (κ3) is 5.75. The number of benzene rings is 2. The molecule has 7 nitrogen and oxygen atoms in total. The molecule has 0 bridgehead atoms. The molecule has 3 N–H and O–H groups in total. The maximum absolute atomic E-state index is 14.2. The quantitative estimate of drug-likeness (QED) is 0.437. The highest BCUT2D eigenvalue weighted by molar-refractivity contribution is 5.89. The lowest BCUT2D eigenvalue weighted by molar-refractivity contribution is -0.274. The average Bonchev–Trinajstić information content (AvgIpc) is 2.80. The van der Waals surface area contributed by atoms with Crippen molar-refractivity contribution in [1.82, 2.24) is 15.5 Å². The van der Waals surface area contributed by atoms with E-state index in [1.54, 1.807) is 6.07 Å². The summed E-state index contributed by atoms with van der Waals surface area (Å²) in [5.74, 6) is -1.94. The number of carbonyl (C=O) groups excluding carboxylic acids is 1. The Balaban J connectivity index is 1.47. The predicted molar refractivity (Wildman–Crippen MR) is 122 cm³/mol. The number of amides is 2. The fourth-order valence-electron chi connectivity index (χ4n) is 4.71. The third-order valence-electron chi connectivity index (χ3n) is 6.66. The molecule has 0 aliphatic carbocycles. The number of hydrogen-bond acceptors (Lipinski definition) is 5. The highest BCUT2D eigenvalue weighted by Gasteiger charge is 2.64. The van der Waals surface area contributed by atoms with Crippen LogP contribution in [0.25, 0.3) is 0 Å². The van der Waals surface area contributed by atoms with E-state index in [4.69, 9.17) is 4.74 Å². The summed E-state index contributed by atoms with van der Waals surface area (Å²) in [6.45, 7) is 0.742. The van der Waals surface area contributed by atoms with Crippen LogP contribution in [-0.2, 0) is 5.54 Å². The van der Waals surface area contributed by atoms with Gasteiger partial charge in [0.15, 0.2) is 6.23 Å². The number of alkyl halides is 6. The molecule has 0 saturated carbocycles. The van der Waals surface area contributed by atoms with Gasteiger partial charge in [-0.05, 0) is 51.1 Å². The molecular formula is C24H25F7N4O3. The molecule has 4 rings (SSSR count). The Labute approximate surface area is 213 Å². The number of hydrogen-bond donors (Lipinski definition) is 3. The molecule has 0 spiro atoms. The van der Waals surface area contributed by atoms with Crippen LogP contribution in [0.2, 0.25) is 0 Å². The lowest BCUT2D eigenvalue weighted by atomic mass is 9.77. The summed E-state index contributed by atoms with van der Waals surface area (Å²) in [6, 6.07) is 6.47. The van der Waals surface area contributed by atoms with Gasteiger partial charge in [0, 0.05) is 18.2 Å². The Morgan fingerprint density at radius 3 is 2.47 bits per heavy atom. The lowest BCUT2D eigenvalue weighted by Crippen LogP contribution is -2.64. The molecule has 3 unspecified atom stereocenters. The van der Waals surface area contributed by atoms with Crippen molar-refractivity contribution in [2.24, 2.45) is 0 Å². The largest absolute Gasteiger partial charge is 0.573 e. The summed E-state index contributed by atoms with van der Waals surface area (Å²) in [5, 5.41) is 7.84. The number of ether oxygens (including phenoxy) is 2. The number of carbonyl (C=O) groups is 1. The van der Waals surface area contributed by atoms with Crippen molar-refractivity contribution >= 4 is 11.7 Å². The maximum atomic E-state index is 14.2. The minimum Gasteiger partial charge on any atom is -0.473 e. The number of rotatable bonds is 6. The molecule has 2 fully saturated rings. The molecule has 2 aliphatic heterocycles. The molecule has 208 valence electrons. The van der Waals surface area contributed by atoms with Gasteiger partial charge >= 0.3 is 18.6 Å². The number of halogens is 7. The molecule has 3 atom stereocenters. The zero-order valence-corrected chi connectivity index (χ0v) is 20.0. The SMILES string of the molecule is CN1CCC1(c1ccccc1OC1NCCCC1NC(=O)Nc1ccc(OC(F)(F)F)cc1F)C(F)(F)F. The summed E-state index contributed by atoms with van der Waals surface area (Å²) < 4.78 is 103. The van der Waals surface area contributed by atoms with Gasteiger partial charge in [0.2, 0.25) is 0 Å². The van der Waals surface area contributed by atoms with Crippen LogP contribution in [0.5, 0.6) is 11.5 Å². The van der Waals surface area contributed by atoms with Gasteiger partial charge in [0.25, 0.3) is 0 Å². The molecular weight excluding hydrogens is 525 g/mol. The van der Waals surface area contributed by atoms with Gasteiger partial charge < -0.3 is 20.1 Å². The molecule has 2 aromatic rings. The second-order valence-electron chi connectivity index (χ2n) is 9.05. The van der Waals surface area contributed by atoms with Gasteiger partial charge in [0.05, 0.1) is 11.7 Å². The third-order valence-corrected chi connectivity index (χ3v) is 6.66. The Hall–Kier alpha value is -3.26. The monoisotopic (exact) mass is 550 g/mol. The Bertz CT molecular complexity index is 1160. The van der Waals surface area contributed by atoms with Crippen molar-refractivity contribution in [2.75, 3.05) is 25.5 Å². The zero-order chi connectivity index (χ0) is 27.7. The first-order valence-electron chi connectivity index (χ1n) is 11.7. The minimum absolute atomic E-state index is 0.00859. The van der Waals surface area contributed by atoms with Crippen molar-refractivity contribution in [2.45, 2.75) is 49.6 Å². The lowest BCUT2D eigenvalue weighted by Gasteiger charge is -2.52. The number of anilines is 1. The van der Waals surface area contributed by atoms with E-state index >= 15 is 0 Å². The first-order chi connectivity index (χ1) is 17.8. The minimum atomic E-state index is -5.01. The van der Waals surface area contributed by atoms with Crippen LogP contribution < -0.4 is 25.4 Å². The van der Waals surface area contributed by atoms with Crippen molar-refractivity contribution in [1.29, 1.82) is 0 Å². The molecule has 2 heterocycles. The molecule has 2 aliphatic rings. The van der Waals surface area contributed by atoms with E-state index in [9.17, 15) is 35.5 Å². The van der Waals surface area contributed by atoms with E-state index in [-0.39, 0.29) is 24.3 Å². The van der Waals surface area contributed by atoms with E-state index in [1.165, 1.54) is 30.1 Å². The molecule has 2 saturated heterocycles. The van der Waals surface area contributed by atoms with Crippen LogP contribution in [-0.4, -0.2) is 55.9 Å². The van der Waals surface area contributed by atoms with E-state index in [0.717, 1.165) is 12.1 Å². The number of urea groups is 1. The van der Waals surface area contributed by atoms with Crippen LogP contribution in [0, 0.1) is 5.82 Å². The molecule has 0 radical (unpaired) electrons. The number of likely N-dealkylation sites (tertiary alicyclic amines) is 1. The van der Waals surface area contributed by atoms with Gasteiger partial charge in [-0.2, -0.15) is 13.2 Å². The first kappa shape index (κ1) is 27.8. The second-order valence-corrected chi connectivity index (χ2v) is 9.05. The number of piperidine rings is 1. The number of para-hydroxylation sites is 1. The van der Waals surface area contributed by atoms with Gasteiger partial charge in [-0.25, -0.2) is 9.18 Å². The fraction of sp³-hybridized carbons (Fsp3) is 0.458. The van der Waals surface area contributed by atoms with Crippen molar-refractivity contribution in [3.63, 3.8) is 0 Å². The van der Waals surface area contributed by atoms with Gasteiger partial charge in [-0.15, -0.1) is 13.2 Å². The van der Waals surface area contributed by atoms with E-state index in [1.807, 2.05) is 0 Å². The molecule has 2 amide bonds. The summed E-state index contributed by atoms with van der Waals surface area (Å²) in [6.07, 6.45) is -9.58. The number of nitrogens with zero attached hydrogens (tertiary/aromatic N) is 1. The molecule has 2 aromatic carbocycles. The van der Waals surface area contributed by atoms with Crippen molar-refractivity contribution in [3.05, 3.63) is 53.8 Å². The molecule has 14 heteroatoms. The van der Waals surface area contributed by atoms with E-state index in [0.29, 0.717) is 25.5 Å². The standard InChI is InChI=1S/C24H25F7N4O3/c1-35-12-10-22(35,23(26,27)28)15-5-2-3-7-19(15)37-20-18(6-4-11-32-20)34-21(36)33-17-9-8-14(13-16(17)25)38-24(29,30)31/h2-3,5,7-9,13,18,20,32H,4,6,10-12H2,1H3,(H2,33,34,36). The van der Waals surface area contributed by atoms with Crippen LogP contribution in [0.4, 0.5) is 41.2 Å². The average molecular weight is 550 g/mol. The normalized spacial score (nSPS) is 24.3. The van der Waals surface area contributed by atoms with Gasteiger partial charge in [-0.1, -0.05) is 18.2 Å². The fourth-order valence-corrected chi connectivity index (χ4v) is 4.71. The highest BCUT2D eigenvalue weighted by atomic mass is 19.4. The van der Waals surface area contributed by atoms with Crippen molar-refractivity contribution in [3.8, 4) is 11.5 Å².